The average Bonchev–Trinajstić information content (AvgIpc) is 2.83. The fourth-order valence-corrected chi connectivity index (χ4v) is 3.93. The van der Waals surface area contributed by atoms with E-state index in [4.69, 9.17) is 4.52 Å². The van der Waals surface area contributed by atoms with Gasteiger partial charge in [-0.15, -0.1) is 0 Å². The summed E-state index contributed by atoms with van der Waals surface area (Å²) >= 11 is 0. The lowest BCUT2D eigenvalue weighted by atomic mass is 9.93. The van der Waals surface area contributed by atoms with Crippen LogP contribution >= 0.6 is 0 Å². The van der Waals surface area contributed by atoms with Gasteiger partial charge >= 0.3 is 0 Å². The molecule has 2 aromatic heterocycles. The summed E-state index contributed by atoms with van der Waals surface area (Å²) in [4.78, 5) is 46.9. The third kappa shape index (κ3) is 3.13. The van der Waals surface area contributed by atoms with Crippen LogP contribution in [-0.4, -0.2) is 55.9 Å². The van der Waals surface area contributed by atoms with E-state index in [1.807, 2.05) is 18.7 Å². The second-order valence-electron chi connectivity index (χ2n) is 7.20. The van der Waals surface area contributed by atoms with Crippen LogP contribution in [0, 0.1) is 19.8 Å². The lowest BCUT2D eigenvalue weighted by Gasteiger charge is -2.35. The highest BCUT2D eigenvalue weighted by Gasteiger charge is 2.42. The molecule has 3 saturated heterocycles. The number of piperidine rings is 1. The lowest BCUT2D eigenvalue weighted by molar-refractivity contribution is -0.140. The Labute approximate surface area is 155 Å². The molecule has 5 heterocycles. The van der Waals surface area contributed by atoms with Crippen molar-refractivity contribution in [2.45, 2.75) is 39.3 Å². The van der Waals surface area contributed by atoms with Crippen LogP contribution < -0.4 is 5.56 Å². The van der Waals surface area contributed by atoms with Crippen LogP contribution in [0.2, 0.25) is 0 Å². The molecule has 0 unspecified atom stereocenters. The number of H-pyrrole nitrogens is 1. The maximum absolute atomic E-state index is 13.0. The lowest BCUT2D eigenvalue weighted by Crippen LogP contribution is -2.47. The molecule has 0 spiro atoms. The summed E-state index contributed by atoms with van der Waals surface area (Å²) in [6.45, 7) is 4.97. The van der Waals surface area contributed by atoms with Gasteiger partial charge in [0.05, 0.1) is 24.4 Å². The minimum Gasteiger partial charge on any atom is -0.361 e. The highest BCUT2D eigenvalue weighted by molar-refractivity contribution is 5.93. The van der Waals surface area contributed by atoms with Crippen LogP contribution in [0.15, 0.2) is 21.7 Å². The summed E-state index contributed by atoms with van der Waals surface area (Å²) in [6.07, 6.45) is 4.03. The molecule has 3 fully saturated rings. The Balaban J connectivity index is 1.57. The van der Waals surface area contributed by atoms with Crippen LogP contribution in [0.1, 0.15) is 40.3 Å². The Bertz CT molecular complexity index is 909. The van der Waals surface area contributed by atoms with Crippen molar-refractivity contribution in [1.82, 2.24) is 24.9 Å². The molecule has 0 aromatic carbocycles. The fourth-order valence-electron chi connectivity index (χ4n) is 3.93. The van der Waals surface area contributed by atoms with Gasteiger partial charge in [-0.25, -0.2) is 4.98 Å². The fraction of sp³-hybridized carbons (Fsp3) is 0.500. The third-order valence-corrected chi connectivity index (χ3v) is 5.48. The highest BCUT2D eigenvalue weighted by atomic mass is 16.5. The molecule has 2 bridgehead atoms. The average molecular weight is 371 g/mol. The summed E-state index contributed by atoms with van der Waals surface area (Å²) in [5.74, 6) is 0.285. The van der Waals surface area contributed by atoms with Crippen LogP contribution in [0.5, 0.6) is 0 Å². The van der Waals surface area contributed by atoms with Gasteiger partial charge in [0.1, 0.15) is 11.5 Å². The van der Waals surface area contributed by atoms with Crippen molar-refractivity contribution < 1.29 is 14.1 Å². The van der Waals surface area contributed by atoms with Gasteiger partial charge in [-0.2, -0.15) is 0 Å². The van der Waals surface area contributed by atoms with E-state index < -0.39 is 0 Å². The topological polar surface area (TPSA) is 112 Å². The summed E-state index contributed by atoms with van der Waals surface area (Å²) in [7, 11) is 0. The SMILES string of the molecule is Cc1noc(C)c1CN1C(=O)[C@H]2CC[C@@H]1CN(C(=O)c1c[nH]c(=O)cn1)C2. The highest BCUT2D eigenvalue weighted by Crippen LogP contribution is 2.31. The third-order valence-electron chi connectivity index (χ3n) is 5.48. The molecule has 1 N–H and O–H groups in total. The molecular formula is C18H21N5O4. The summed E-state index contributed by atoms with van der Waals surface area (Å²) in [6, 6.07) is -0.0586. The van der Waals surface area contributed by atoms with Gasteiger partial charge in [-0.3, -0.25) is 14.4 Å². The molecule has 142 valence electrons. The van der Waals surface area contributed by atoms with E-state index in [1.165, 1.54) is 6.20 Å². The molecule has 0 aliphatic carbocycles. The Kier molecular flexibility index (Phi) is 4.29. The largest absolute Gasteiger partial charge is 0.361 e. The van der Waals surface area contributed by atoms with E-state index >= 15 is 0 Å². The first kappa shape index (κ1) is 17.4. The zero-order valence-electron chi connectivity index (χ0n) is 15.3. The quantitative estimate of drug-likeness (QED) is 0.847. The molecule has 5 rings (SSSR count). The predicted octanol–water partition coefficient (Wildman–Crippen LogP) is 0.638. The molecule has 2 amide bonds. The maximum atomic E-state index is 13.0. The van der Waals surface area contributed by atoms with Crippen molar-refractivity contribution in [3.8, 4) is 0 Å². The van der Waals surface area contributed by atoms with Crippen molar-refractivity contribution in [3.05, 3.63) is 45.5 Å². The number of aromatic amines is 1. The second kappa shape index (κ2) is 6.64. The van der Waals surface area contributed by atoms with E-state index in [2.05, 4.69) is 15.1 Å². The Hall–Kier alpha value is -2.97. The Morgan fingerprint density at radius 1 is 1.30 bits per heavy atom. The van der Waals surface area contributed by atoms with Gasteiger partial charge in [0.25, 0.3) is 11.5 Å². The monoisotopic (exact) mass is 371 g/mol. The number of carbonyl (C=O) groups is 2. The summed E-state index contributed by atoms with van der Waals surface area (Å²) in [5, 5.41) is 3.97. The van der Waals surface area contributed by atoms with Gasteiger partial charge < -0.3 is 19.3 Å². The molecule has 9 heteroatoms. The van der Waals surface area contributed by atoms with E-state index in [1.54, 1.807) is 4.90 Å². The van der Waals surface area contributed by atoms with Crippen LogP contribution in [0.25, 0.3) is 0 Å². The molecule has 9 nitrogen and oxygen atoms in total. The number of aromatic nitrogens is 3. The number of nitrogens with one attached hydrogen (secondary N) is 1. The number of amides is 2. The van der Waals surface area contributed by atoms with Crippen molar-refractivity contribution in [2.75, 3.05) is 13.1 Å². The normalized spacial score (nSPS) is 22.2. The summed E-state index contributed by atoms with van der Waals surface area (Å²) < 4.78 is 5.22. The number of nitrogens with zero attached hydrogens (tertiary/aromatic N) is 4. The molecule has 2 atom stereocenters. The van der Waals surface area contributed by atoms with Gasteiger partial charge in [0.2, 0.25) is 5.91 Å². The van der Waals surface area contributed by atoms with Gasteiger partial charge in [0, 0.05) is 30.9 Å². The first-order valence-corrected chi connectivity index (χ1v) is 9.00. The summed E-state index contributed by atoms with van der Waals surface area (Å²) in [5.41, 5.74) is 1.53. The zero-order chi connectivity index (χ0) is 19.1. The van der Waals surface area contributed by atoms with Crippen LogP contribution in [-0.2, 0) is 11.3 Å². The molecule has 27 heavy (non-hydrogen) atoms. The number of aryl methyl sites for hydroxylation is 2. The standard InChI is InChI=1S/C18H21N5O4/c1-10-14(11(2)27-21-10)9-23-13-4-3-12(17(23)25)7-22(8-13)18(26)15-5-20-16(24)6-19-15/h5-6,12-13H,3-4,7-9H2,1-2H3,(H,20,24)/t12-,13+/m0/s1. The Morgan fingerprint density at radius 2 is 2.11 bits per heavy atom. The molecule has 3 aliphatic rings. The molecule has 3 aliphatic heterocycles. The number of hydrogen-bond acceptors (Lipinski definition) is 6. The first-order valence-electron chi connectivity index (χ1n) is 9.00. The minimum atomic E-state index is -0.358. The molecular weight excluding hydrogens is 350 g/mol. The first-order chi connectivity index (χ1) is 12.9. The van der Waals surface area contributed by atoms with Gasteiger partial charge in [-0.05, 0) is 26.7 Å². The zero-order valence-corrected chi connectivity index (χ0v) is 15.3. The van der Waals surface area contributed by atoms with Crippen molar-refractivity contribution in [3.63, 3.8) is 0 Å². The number of carbonyl (C=O) groups excluding carboxylic acids is 2. The van der Waals surface area contributed by atoms with Crippen molar-refractivity contribution in [1.29, 1.82) is 0 Å². The number of hydrogen-bond donors (Lipinski definition) is 1. The molecule has 0 saturated carbocycles. The smallest absolute Gasteiger partial charge is 0.274 e. The van der Waals surface area contributed by atoms with E-state index in [-0.39, 0.29) is 35.0 Å². The van der Waals surface area contributed by atoms with Gasteiger partial charge in [0.15, 0.2) is 0 Å². The van der Waals surface area contributed by atoms with Gasteiger partial charge in [-0.1, -0.05) is 5.16 Å². The van der Waals surface area contributed by atoms with Crippen LogP contribution in [0.4, 0.5) is 0 Å². The van der Waals surface area contributed by atoms with Crippen LogP contribution in [0.3, 0.4) is 0 Å². The molecule has 2 aromatic rings. The number of fused-ring (bicyclic) bond motifs is 4. The minimum absolute atomic E-state index is 0.0586. The predicted molar refractivity (Wildman–Crippen MR) is 93.8 cm³/mol. The van der Waals surface area contributed by atoms with Crippen molar-refractivity contribution >= 4 is 11.8 Å². The number of rotatable bonds is 3. The molecule has 0 radical (unpaired) electrons. The van der Waals surface area contributed by atoms with E-state index in [0.717, 1.165) is 30.3 Å². The van der Waals surface area contributed by atoms with E-state index in [0.29, 0.717) is 25.4 Å². The maximum Gasteiger partial charge on any atom is 0.274 e. The van der Waals surface area contributed by atoms with E-state index in [9.17, 15) is 14.4 Å². The van der Waals surface area contributed by atoms with Crippen molar-refractivity contribution in [2.24, 2.45) is 5.92 Å². The second-order valence-corrected chi connectivity index (χ2v) is 7.20. The Morgan fingerprint density at radius 3 is 2.78 bits per heavy atom.